The van der Waals surface area contributed by atoms with Crippen molar-refractivity contribution in [3.05, 3.63) is 57.2 Å². The number of oxazole rings is 2. The van der Waals surface area contributed by atoms with Crippen LogP contribution in [0.15, 0.2) is 33.1 Å². The molecule has 2 heterocycles. The first-order valence-corrected chi connectivity index (χ1v) is 8.71. The van der Waals surface area contributed by atoms with E-state index in [1.807, 2.05) is 45.9 Å². The standard InChI is InChI=1S/C10H10ClNO.C9H8ClNO/c1-3-10-12-8-5-7(11)6(2)4-9(8)13-10;1-5-3-8-9(4-7(5)10)12-6(2)11-8/h4-5H,3H2,1-2H3;3-4H,1-2H3. The van der Waals surface area contributed by atoms with E-state index >= 15 is 0 Å². The van der Waals surface area contributed by atoms with Crippen LogP contribution in [0.5, 0.6) is 0 Å². The van der Waals surface area contributed by atoms with Crippen LogP contribution in [0.4, 0.5) is 0 Å². The second-order valence-electron chi connectivity index (χ2n) is 5.83. The van der Waals surface area contributed by atoms with Gasteiger partial charge in [0.25, 0.3) is 0 Å². The van der Waals surface area contributed by atoms with E-state index < -0.39 is 0 Å². The number of benzene rings is 2. The minimum Gasteiger partial charge on any atom is -0.441 e. The molecule has 6 heteroatoms. The van der Waals surface area contributed by atoms with E-state index in [2.05, 4.69) is 9.97 Å². The number of aryl methyl sites for hydroxylation is 4. The van der Waals surface area contributed by atoms with Gasteiger partial charge in [0, 0.05) is 29.5 Å². The van der Waals surface area contributed by atoms with E-state index in [9.17, 15) is 0 Å². The van der Waals surface area contributed by atoms with Crippen LogP contribution in [0.2, 0.25) is 10.0 Å². The second kappa shape index (κ2) is 7.06. The number of fused-ring (bicyclic) bond motifs is 2. The maximum atomic E-state index is 5.96. The van der Waals surface area contributed by atoms with Gasteiger partial charge in [-0.2, -0.15) is 0 Å². The molecule has 0 aliphatic heterocycles. The van der Waals surface area contributed by atoms with Crippen molar-refractivity contribution < 1.29 is 8.83 Å². The van der Waals surface area contributed by atoms with E-state index in [1.54, 1.807) is 6.07 Å². The fourth-order valence-electron chi connectivity index (χ4n) is 2.42. The average Bonchev–Trinajstić information content (AvgIpc) is 3.11. The van der Waals surface area contributed by atoms with Gasteiger partial charge in [0.1, 0.15) is 11.0 Å². The Morgan fingerprint density at radius 1 is 0.800 bits per heavy atom. The number of hydrogen-bond acceptors (Lipinski definition) is 4. The van der Waals surface area contributed by atoms with Crippen LogP contribution in [0.25, 0.3) is 22.2 Å². The Morgan fingerprint density at radius 3 is 2.12 bits per heavy atom. The predicted octanol–water partition coefficient (Wildman–Crippen LogP) is 6.45. The molecule has 0 unspecified atom stereocenters. The highest BCUT2D eigenvalue weighted by Crippen LogP contribution is 2.24. The summed E-state index contributed by atoms with van der Waals surface area (Å²) in [5.74, 6) is 1.43. The Labute approximate surface area is 155 Å². The van der Waals surface area contributed by atoms with Crippen molar-refractivity contribution >= 4 is 45.4 Å². The van der Waals surface area contributed by atoms with E-state index in [-0.39, 0.29) is 0 Å². The number of halogens is 2. The maximum Gasteiger partial charge on any atom is 0.195 e. The lowest BCUT2D eigenvalue weighted by Crippen LogP contribution is -1.76. The molecule has 4 aromatic rings. The Balaban J connectivity index is 0.000000146. The molecule has 130 valence electrons. The maximum absolute atomic E-state index is 5.96. The summed E-state index contributed by atoms with van der Waals surface area (Å²) in [5.41, 5.74) is 5.33. The van der Waals surface area contributed by atoms with Crippen molar-refractivity contribution in [2.45, 2.75) is 34.1 Å². The zero-order valence-corrected chi connectivity index (χ0v) is 16.0. The molecule has 0 bridgehead atoms. The minimum atomic E-state index is 0.673. The highest BCUT2D eigenvalue weighted by atomic mass is 35.5. The molecule has 25 heavy (non-hydrogen) atoms. The van der Waals surface area contributed by atoms with Crippen LogP contribution in [-0.2, 0) is 6.42 Å². The van der Waals surface area contributed by atoms with Crippen LogP contribution < -0.4 is 0 Å². The number of hydrogen-bond donors (Lipinski definition) is 0. The monoisotopic (exact) mass is 376 g/mol. The van der Waals surface area contributed by atoms with Gasteiger partial charge < -0.3 is 8.83 Å². The van der Waals surface area contributed by atoms with Crippen LogP contribution >= 0.6 is 23.2 Å². The number of aromatic nitrogens is 2. The van der Waals surface area contributed by atoms with Crippen LogP contribution in [0.3, 0.4) is 0 Å². The Morgan fingerprint density at radius 2 is 1.40 bits per heavy atom. The largest absolute Gasteiger partial charge is 0.441 e. The van der Waals surface area contributed by atoms with Crippen molar-refractivity contribution in [1.29, 1.82) is 0 Å². The zero-order valence-electron chi connectivity index (χ0n) is 14.5. The summed E-state index contributed by atoms with van der Waals surface area (Å²) in [6.07, 6.45) is 0.811. The highest BCUT2D eigenvalue weighted by molar-refractivity contribution is 6.32. The van der Waals surface area contributed by atoms with Gasteiger partial charge in [-0.1, -0.05) is 30.1 Å². The lowest BCUT2D eigenvalue weighted by molar-refractivity contribution is 0.538. The summed E-state index contributed by atoms with van der Waals surface area (Å²) in [6.45, 7) is 7.74. The molecule has 2 aromatic heterocycles. The molecule has 0 saturated carbocycles. The van der Waals surface area contributed by atoms with E-state index in [1.165, 1.54) is 0 Å². The summed E-state index contributed by atoms with van der Waals surface area (Å²) in [7, 11) is 0. The molecular formula is C19H18Cl2N2O2. The molecule has 2 aromatic carbocycles. The van der Waals surface area contributed by atoms with Gasteiger partial charge >= 0.3 is 0 Å². The average molecular weight is 377 g/mol. The van der Waals surface area contributed by atoms with Gasteiger partial charge in [0.2, 0.25) is 0 Å². The Kier molecular flexibility index (Phi) is 5.02. The molecule has 0 radical (unpaired) electrons. The van der Waals surface area contributed by atoms with E-state index in [4.69, 9.17) is 32.0 Å². The third-order valence-corrected chi connectivity index (χ3v) is 4.61. The first-order valence-electron chi connectivity index (χ1n) is 7.96. The predicted molar refractivity (Wildman–Crippen MR) is 102 cm³/mol. The number of rotatable bonds is 1. The first-order chi connectivity index (χ1) is 11.9. The molecule has 0 atom stereocenters. The third-order valence-electron chi connectivity index (χ3n) is 3.79. The minimum absolute atomic E-state index is 0.673. The van der Waals surface area contributed by atoms with Gasteiger partial charge in [-0.25, -0.2) is 9.97 Å². The van der Waals surface area contributed by atoms with Gasteiger partial charge in [-0.15, -0.1) is 0 Å². The third kappa shape index (κ3) is 3.80. The second-order valence-corrected chi connectivity index (χ2v) is 6.65. The molecule has 0 amide bonds. The Hall–Kier alpha value is -2.04. The summed E-state index contributed by atoms with van der Waals surface area (Å²) < 4.78 is 10.8. The quantitative estimate of drug-likeness (QED) is 0.382. The van der Waals surface area contributed by atoms with Crippen LogP contribution in [0, 0.1) is 20.8 Å². The van der Waals surface area contributed by atoms with Gasteiger partial charge in [-0.05, 0) is 43.2 Å². The lowest BCUT2D eigenvalue weighted by Gasteiger charge is -1.94. The van der Waals surface area contributed by atoms with Crippen LogP contribution in [0.1, 0.15) is 29.8 Å². The van der Waals surface area contributed by atoms with Crippen molar-refractivity contribution in [3.8, 4) is 0 Å². The lowest BCUT2D eigenvalue weighted by atomic mass is 10.2. The smallest absolute Gasteiger partial charge is 0.195 e. The van der Waals surface area contributed by atoms with Crippen LogP contribution in [-0.4, -0.2) is 9.97 Å². The van der Waals surface area contributed by atoms with Gasteiger partial charge in [0.15, 0.2) is 22.9 Å². The highest BCUT2D eigenvalue weighted by Gasteiger charge is 2.06. The fourth-order valence-corrected chi connectivity index (χ4v) is 2.73. The molecular weight excluding hydrogens is 359 g/mol. The molecule has 4 rings (SSSR count). The molecule has 0 aliphatic rings. The van der Waals surface area contributed by atoms with Crippen molar-refractivity contribution in [1.82, 2.24) is 9.97 Å². The fraction of sp³-hybridized carbons (Fsp3) is 0.263. The van der Waals surface area contributed by atoms with Gasteiger partial charge in [-0.3, -0.25) is 0 Å². The van der Waals surface area contributed by atoms with Crippen molar-refractivity contribution in [3.63, 3.8) is 0 Å². The zero-order chi connectivity index (χ0) is 18.1. The Bertz CT molecular complexity index is 973. The molecule has 0 saturated heterocycles. The van der Waals surface area contributed by atoms with Crippen molar-refractivity contribution in [2.75, 3.05) is 0 Å². The molecule has 0 spiro atoms. The topological polar surface area (TPSA) is 52.1 Å². The summed E-state index contributed by atoms with van der Waals surface area (Å²) in [4.78, 5) is 8.47. The summed E-state index contributed by atoms with van der Waals surface area (Å²) >= 11 is 11.9. The SMILES string of the molecule is CCc1nc2cc(Cl)c(C)cc2o1.Cc1nc2cc(C)c(Cl)cc2o1. The van der Waals surface area contributed by atoms with Crippen molar-refractivity contribution in [2.24, 2.45) is 0 Å². The van der Waals surface area contributed by atoms with E-state index in [0.29, 0.717) is 5.89 Å². The summed E-state index contributed by atoms with van der Waals surface area (Å²) in [5, 5.41) is 1.46. The molecule has 0 fully saturated rings. The number of nitrogens with zero attached hydrogens (tertiary/aromatic N) is 2. The van der Waals surface area contributed by atoms with E-state index in [0.717, 1.165) is 55.7 Å². The first kappa shape index (κ1) is 17.8. The normalized spacial score (nSPS) is 11.0. The molecule has 4 nitrogen and oxygen atoms in total. The molecule has 0 aliphatic carbocycles. The van der Waals surface area contributed by atoms with Gasteiger partial charge in [0.05, 0.1) is 0 Å². The summed E-state index contributed by atoms with van der Waals surface area (Å²) in [6, 6.07) is 7.49. The molecule has 0 N–H and O–H groups in total.